The van der Waals surface area contributed by atoms with Crippen molar-refractivity contribution in [3.63, 3.8) is 0 Å². The number of aliphatic hydroxyl groups excluding tert-OH is 1. The summed E-state index contributed by atoms with van der Waals surface area (Å²) in [5.74, 6) is 1.81. The molecule has 0 aliphatic carbocycles. The molecule has 1 fully saturated rings. The SMILES string of the molecule is Cc1cc(C)nc(N2CC(C)CCN(C(O)c3c(-c4ccccc4)noc3C)C2)n1. The van der Waals surface area contributed by atoms with Gasteiger partial charge >= 0.3 is 0 Å². The maximum absolute atomic E-state index is 11.4. The number of nitrogens with zero attached hydrogens (tertiary/aromatic N) is 5. The molecule has 1 N–H and O–H groups in total. The van der Waals surface area contributed by atoms with Gasteiger partial charge < -0.3 is 14.5 Å². The van der Waals surface area contributed by atoms with E-state index in [2.05, 4.69) is 31.8 Å². The van der Waals surface area contributed by atoms with Crippen LogP contribution < -0.4 is 4.90 Å². The molecule has 30 heavy (non-hydrogen) atoms. The predicted octanol–water partition coefficient (Wildman–Crippen LogP) is 3.85. The number of benzene rings is 1. The van der Waals surface area contributed by atoms with Crippen molar-refractivity contribution in [2.45, 2.75) is 40.3 Å². The molecular formula is C23H29N5O2. The number of hydrogen-bond donors (Lipinski definition) is 1. The number of rotatable bonds is 4. The molecule has 0 bridgehead atoms. The Morgan fingerprint density at radius 2 is 1.80 bits per heavy atom. The second kappa shape index (κ2) is 8.53. The molecule has 0 radical (unpaired) electrons. The van der Waals surface area contributed by atoms with Crippen molar-refractivity contribution in [1.29, 1.82) is 0 Å². The number of hydrogen-bond acceptors (Lipinski definition) is 7. The van der Waals surface area contributed by atoms with Gasteiger partial charge in [0.05, 0.1) is 12.2 Å². The van der Waals surface area contributed by atoms with Crippen molar-refractivity contribution in [3.05, 3.63) is 59.1 Å². The van der Waals surface area contributed by atoms with E-state index in [1.165, 1.54) is 0 Å². The number of anilines is 1. The lowest BCUT2D eigenvalue weighted by atomic mass is 10.0. The van der Waals surface area contributed by atoms with Crippen LogP contribution in [0.5, 0.6) is 0 Å². The topological polar surface area (TPSA) is 78.5 Å². The third kappa shape index (κ3) is 4.22. The van der Waals surface area contributed by atoms with Crippen LogP contribution in [0.4, 0.5) is 5.95 Å². The molecule has 3 aromatic rings. The molecule has 1 aliphatic rings. The fourth-order valence-electron chi connectivity index (χ4n) is 4.06. The highest BCUT2D eigenvalue weighted by Crippen LogP contribution is 2.33. The van der Waals surface area contributed by atoms with Crippen molar-refractivity contribution in [1.82, 2.24) is 20.0 Å². The van der Waals surface area contributed by atoms with Crippen LogP contribution in [0.3, 0.4) is 0 Å². The first-order valence-corrected chi connectivity index (χ1v) is 10.4. The summed E-state index contributed by atoms with van der Waals surface area (Å²) in [4.78, 5) is 13.5. The standard InChI is InChI=1S/C23H29N5O2/c1-15-10-11-27(14-28(13-15)23-24-16(2)12-17(3)25-23)22(29)20-18(4)30-26-21(20)19-8-6-5-7-9-19/h5-9,12,15,22,29H,10-11,13-14H2,1-4H3. The Bertz CT molecular complexity index is 984. The van der Waals surface area contributed by atoms with Gasteiger partial charge in [-0.1, -0.05) is 42.4 Å². The average molecular weight is 408 g/mol. The Balaban J connectivity index is 1.66. The summed E-state index contributed by atoms with van der Waals surface area (Å²) in [6.45, 7) is 10.2. The zero-order chi connectivity index (χ0) is 21.3. The van der Waals surface area contributed by atoms with Crippen molar-refractivity contribution >= 4 is 5.95 Å². The number of aromatic nitrogens is 3. The van der Waals surface area contributed by atoms with E-state index in [9.17, 15) is 5.11 Å². The van der Waals surface area contributed by atoms with E-state index in [4.69, 9.17) is 4.52 Å². The first kappa shape index (κ1) is 20.5. The minimum Gasteiger partial charge on any atom is -0.374 e. The summed E-state index contributed by atoms with van der Waals surface area (Å²) in [5, 5.41) is 15.6. The van der Waals surface area contributed by atoms with Gasteiger partial charge in [-0.3, -0.25) is 4.90 Å². The second-order valence-corrected chi connectivity index (χ2v) is 8.26. The van der Waals surface area contributed by atoms with Crippen LogP contribution in [-0.2, 0) is 0 Å². The zero-order valence-electron chi connectivity index (χ0n) is 18.0. The van der Waals surface area contributed by atoms with Crippen LogP contribution in [0.25, 0.3) is 11.3 Å². The van der Waals surface area contributed by atoms with Crippen LogP contribution >= 0.6 is 0 Å². The highest BCUT2D eigenvalue weighted by molar-refractivity contribution is 5.63. The molecule has 4 rings (SSSR count). The molecule has 3 heterocycles. The summed E-state index contributed by atoms with van der Waals surface area (Å²) in [5.41, 5.74) is 4.23. The number of aliphatic hydroxyl groups is 1. The Labute approximate surface area is 177 Å². The Hall–Kier alpha value is -2.77. The molecule has 2 aromatic heterocycles. The molecule has 1 aromatic carbocycles. The fraction of sp³-hybridized carbons (Fsp3) is 0.435. The van der Waals surface area contributed by atoms with Gasteiger partial charge in [0, 0.05) is 30.0 Å². The quantitative estimate of drug-likeness (QED) is 0.704. The Morgan fingerprint density at radius 3 is 2.50 bits per heavy atom. The van der Waals surface area contributed by atoms with Gasteiger partial charge in [-0.25, -0.2) is 9.97 Å². The smallest absolute Gasteiger partial charge is 0.226 e. The van der Waals surface area contributed by atoms with E-state index in [0.717, 1.165) is 42.0 Å². The van der Waals surface area contributed by atoms with Gasteiger partial charge in [0.1, 0.15) is 17.7 Å². The lowest BCUT2D eigenvalue weighted by molar-refractivity contribution is 0.00322. The van der Waals surface area contributed by atoms with E-state index < -0.39 is 6.23 Å². The van der Waals surface area contributed by atoms with Gasteiger partial charge in [-0.15, -0.1) is 0 Å². The van der Waals surface area contributed by atoms with Crippen LogP contribution in [0.1, 0.15) is 42.3 Å². The van der Waals surface area contributed by atoms with Crippen LogP contribution in [0.15, 0.2) is 40.9 Å². The van der Waals surface area contributed by atoms with E-state index >= 15 is 0 Å². The van der Waals surface area contributed by atoms with Crippen LogP contribution in [-0.4, -0.2) is 44.9 Å². The minimum absolute atomic E-state index is 0.462. The molecule has 2 unspecified atom stereocenters. The van der Waals surface area contributed by atoms with E-state index in [1.54, 1.807) is 0 Å². The normalized spacial score (nSPS) is 19.0. The Kier molecular flexibility index (Phi) is 5.83. The monoisotopic (exact) mass is 407 g/mol. The number of aryl methyl sites for hydroxylation is 3. The molecule has 7 heteroatoms. The molecule has 1 saturated heterocycles. The van der Waals surface area contributed by atoms with Crippen molar-refractivity contribution in [3.8, 4) is 11.3 Å². The molecule has 1 aliphatic heterocycles. The molecule has 0 saturated carbocycles. The van der Waals surface area contributed by atoms with Gasteiger partial charge in [0.2, 0.25) is 5.95 Å². The predicted molar refractivity (Wildman–Crippen MR) is 116 cm³/mol. The first-order valence-electron chi connectivity index (χ1n) is 10.4. The molecule has 0 amide bonds. The lowest BCUT2D eigenvalue weighted by Crippen LogP contribution is -2.40. The van der Waals surface area contributed by atoms with Crippen molar-refractivity contribution in [2.75, 3.05) is 24.7 Å². The summed E-state index contributed by atoms with van der Waals surface area (Å²) < 4.78 is 5.48. The fourth-order valence-corrected chi connectivity index (χ4v) is 4.06. The molecule has 7 nitrogen and oxygen atoms in total. The van der Waals surface area contributed by atoms with Crippen LogP contribution in [0.2, 0.25) is 0 Å². The Morgan fingerprint density at radius 1 is 1.10 bits per heavy atom. The summed E-state index contributed by atoms with van der Waals surface area (Å²) >= 11 is 0. The summed E-state index contributed by atoms with van der Waals surface area (Å²) in [6, 6.07) is 11.8. The van der Waals surface area contributed by atoms with Gasteiger partial charge in [0.15, 0.2) is 0 Å². The van der Waals surface area contributed by atoms with Gasteiger partial charge in [-0.2, -0.15) is 0 Å². The first-order chi connectivity index (χ1) is 14.4. The molecule has 158 valence electrons. The van der Waals surface area contributed by atoms with E-state index in [1.807, 2.05) is 57.2 Å². The van der Waals surface area contributed by atoms with Crippen LogP contribution in [0, 0.1) is 26.7 Å². The summed E-state index contributed by atoms with van der Waals surface area (Å²) in [7, 11) is 0. The van der Waals surface area contributed by atoms with E-state index in [-0.39, 0.29) is 0 Å². The molecule has 0 spiro atoms. The summed E-state index contributed by atoms with van der Waals surface area (Å²) in [6.07, 6.45) is 0.147. The maximum Gasteiger partial charge on any atom is 0.226 e. The minimum atomic E-state index is -0.829. The van der Waals surface area contributed by atoms with Crippen molar-refractivity contribution < 1.29 is 9.63 Å². The third-order valence-electron chi connectivity index (χ3n) is 5.61. The van der Waals surface area contributed by atoms with Crippen molar-refractivity contribution in [2.24, 2.45) is 5.92 Å². The second-order valence-electron chi connectivity index (χ2n) is 8.26. The van der Waals surface area contributed by atoms with E-state index in [0.29, 0.717) is 30.0 Å². The lowest BCUT2D eigenvalue weighted by Gasteiger charge is -2.31. The highest BCUT2D eigenvalue weighted by Gasteiger charge is 2.31. The van der Waals surface area contributed by atoms with Gasteiger partial charge in [0.25, 0.3) is 0 Å². The maximum atomic E-state index is 11.4. The third-order valence-corrected chi connectivity index (χ3v) is 5.61. The largest absolute Gasteiger partial charge is 0.374 e. The highest BCUT2D eigenvalue weighted by atomic mass is 16.5. The average Bonchev–Trinajstić information content (AvgIpc) is 2.99. The molecule has 2 atom stereocenters. The zero-order valence-corrected chi connectivity index (χ0v) is 18.0. The molecular weight excluding hydrogens is 378 g/mol. The van der Waals surface area contributed by atoms with Gasteiger partial charge in [-0.05, 0) is 39.2 Å².